The summed E-state index contributed by atoms with van der Waals surface area (Å²) in [7, 11) is 0. The van der Waals surface area contributed by atoms with Crippen LogP contribution in [0.5, 0.6) is 0 Å². The molecular weight excluding hydrogens is 212 g/mol. The van der Waals surface area contributed by atoms with Gasteiger partial charge in [-0.3, -0.25) is 4.68 Å². The predicted octanol–water partition coefficient (Wildman–Crippen LogP) is 1.16. The van der Waals surface area contributed by atoms with Crippen LogP contribution in [0.25, 0.3) is 0 Å². The third-order valence-corrected chi connectivity index (χ3v) is 4.60. The average molecular weight is 232 g/mol. The van der Waals surface area contributed by atoms with E-state index in [2.05, 4.69) is 26.6 Å². The van der Waals surface area contributed by atoms with Crippen LogP contribution >= 0.6 is 0 Å². The van der Waals surface area contributed by atoms with Gasteiger partial charge in [0.05, 0.1) is 12.2 Å². The van der Waals surface area contributed by atoms with Crippen molar-refractivity contribution >= 4 is 0 Å². The summed E-state index contributed by atoms with van der Waals surface area (Å²) in [4.78, 5) is 0. The van der Waals surface area contributed by atoms with Gasteiger partial charge in [-0.15, -0.1) is 0 Å². The van der Waals surface area contributed by atoms with Crippen LogP contribution in [0.15, 0.2) is 6.20 Å². The number of aromatic nitrogens is 2. The first-order chi connectivity index (χ1) is 8.42. The molecule has 4 heteroatoms. The maximum Gasteiger partial charge on any atom is 0.0647 e. The molecule has 1 aromatic heterocycles. The molecule has 3 atom stereocenters. The number of hydrogen-bond donors (Lipinski definition) is 2. The molecule has 0 saturated carbocycles. The van der Waals surface area contributed by atoms with E-state index in [1.165, 1.54) is 49.9 Å². The molecule has 4 rings (SSSR count). The molecule has 3 unspecified atom stereocenters. The minimum atomic E-state index is 0.588. The number of nitrogens with zero attached hydrogens (tertiary/aromatic N) is 2. The second kappa shape index (κ2) is 3.82. The standard InChI is InChI=1S/C13H20N4/c1-2-10(7-14-5-1)17-13-6-9-3-4-12(16-9)11(13)8-15-17/h8-10,12,14,16H,1-7H2. The lowest BCUT2D eigenvalue weighted by atomic mass is 10.0. The summed E-state index contributed by atoms with van der Waals surface area (Å²) in [6.45, 7) is 2.27. The van der Waals surface area contributed by atoms with Crippen molar-refractivity contribution in [3.05, 3.63) is 17.5 Å². The van der Waals surface area contributed by atoms with Gasteiger partial charge in [-0.05, 0) is 32.2 Å². The lowest BCUT2D eigenvalue weighted by Crippen LogP contribution is -2.36. The summed E-state index contributed by atoms with van der Waals surface area (Å²) in [5.41, 5.74) is 2.99. The van der Waals surface area contributed by atoms with E-state index in [4.69, 9.17) is 0 Å². The van der Waals surface area contributed by atoms with Crippen LogP contribution in [0.1, 0.15) is 49.0 Å². The van der Waals surface area contributed by atoms with E-state index in [1.807, 2.05) is 0 Å². The maximum absolute atomic E-state index is 4.68. The van der Waals surface area contributed by atoms with Gasteiger partial charge in [-0.2, -0.15) is 5.10 Å². The van der Waals surface area contributed by atoms with Crippen LogP contribution in [0.2, 0.25) is 0 Å². The second-order valence-electron chi connectivity index (χ2n) is 5.69. The van der Waals surface area contributed by atoms with Gasteiger partial charge in [0.1, 0.15) is 0 Å². The molecule has 1 aromatic rings. The summed E-state index contributed by atoms with van der Waals surface area (Å²) < 4.78 is 2.33. The smallest absolute Gasteiger partial charge is 0.0647 e. The zero-order valence-corrected chi connectivity index (χ0v) is 10.2. The van der Waals surface area contributed by atoms with Crippen LogP contribution in [0.3, 0.4) is 0 Å². The van der Waals surface area contributed by atoms with Gasteiger partial charge in [0.2, 0.25) is 0 Å². The first kappa shape index (κ1) is 10.1. The molecule has 4 heterocycles. The van der Waals surface area contributed by atoms with Gasteiger partial charge in [0.15, 0.2) is 0 Å². The first-order valence-corrected chi connectivity index (χ1v) is 6.95. The van der Waals surface area contributed by atoms with Crippen molar-refractivity contribution in [1.82, 2.24) is 20.4 Å². The zero-order chi connectivity index (χ0) is 11.2. The maximum atomic E-state index is 4.68. The molecule has 3 aliphatic heterocycles. The molecule has 2 N–H and O–H groups in total. The highest BCUT2D eigenvalue weighted by molar-refractivity contribution is 5.29. The van der Waals surface area contributed by atoms with Gasteiger partial charge in [-0.1, -0.05) is 0 Å². The molecule has 0 aliphatic carbocycles. The number of piperidine rings is 1. The molecule has 2 bridgehead atoms. The topological polar surface area (TPSA) is 41.9 Å². The molecule has 0 radical (unpaired) electrons. The van der Waals surface area contributed by atoms with E-state index < -0.39 is 0 Å². The van der Waals surface area contributed by atoms with Crippen molar-refractivity contribution in [3.8, 4) is 0 Å². The number of fused-ring (bicyclic) bond motifs is 4. The molecule has 92 valence electrons. The molecule has 17 heavy (non-hydrogen) atoms. The average Bonchev–Trinajstić information content (AvgIpc) is 2.96. The lowest BCUT2D eigenvalue weighted by Gasteiger charge is -2.28. The highest BCUT2D eigenvalue weighted by Gasteiger charge is 2.35. The molecule has 0 amide bonds. The van der Waals surface area contributed by atoms with Crippen LogP contribution in [0.4, 0.5) is 0 Å². The van der Waals surface area contributed by atoms with Crippen molar-refractivity contribution in [2.45, 2.75) is 50.2 Å². The van der Waals surface area contributed by atoms with Crippen LogP contribution in [-0.2, 0) is 6.42 Å². The Labute approximate surface area is 102 Å². The number of rotatable bonds is 1. The van der Waals surface area contributed by atoms with Gasteiger partial charge in [-0.25, -0.2) is 0 Å². The van der Waals surface area contributed by atoms with E-state index in [9.17, 15) is 0 Å². The fourth-order valence-electron chi connectivity index (χ4n) is 3.72. The SMILES string of the molecule is c1nn(C2CCCNC2)c2c1C1CCC(C2)N1. The van der Waals surface area contributed by atoms with E-state index in [0.717, 1.165) is 6.54 Å². The Morgan fingerprint density at radius 3 is 3.18 bits per heavy atom. The Kier molecular flexibility index (Phi) is 2.27. The van der Waals surface area contributed by atoms with Crippen molar-refractivity contribution in [2.75, 3.05) is 13.1 Å². The van der Waals surface area contributed by atoms with Crippen LogP contribution in [0, 0.1) is 0 Å². The largest absolute Gasteiger partial charge is 0.315 e. The Bertz CT molecular complexity index is 419. The van der Waals surface area contributed by atoms with Gasteiger partial charge in [0, 0.05) is 36.3 Å². The summed E-state index contributed by atoms with van der Waals surface area (Å²) in [6, 6.07) is 1.89. The molecule has 4 nitrogen and oxygen atoms in total. The molecule has 0 spiro atoms. The summed E-state index contributed by atoms with van der Waals surface area (Å²) in [5, 5.41) is 11.9. The minimum Gasteiger partial charge on any atom is -0.315 e. The minimum absolute atomic E-state index is 0.588. The summed E-state index contributed by atoms with van der Waals surface area (Å²) in [5.74, 6) is 0. The Hall–Kier alpha value is -0.870. The molecule has 2 saturated heterocycles. The Morgan fingerprint density at radius 2 is 2.29 bits per heavy atom. The quantitative estimate of drug-likeness (QED) is 0.763. The zero-order valence-electron chi connectivity index (χ0n) is 10.2. The first-order valence-electron chi connectivity index (χ1n) is 6.95. The molecular formula is C13H20N4. The molecule has 0 aromatic carbocycles. The third-order valence-electron chi connectivity index (χ3n) is 4.60. The fourth-order valence-corrected chi connectivity index (χ4v) is 3.72. The van der Waals surface area contributed by atoms with E-state index >= 15 is 0 Å². The molecule has 2 fully saturated rings. The summed E-state index contributed by atoms with van der Waals surface area (Å²) >= 11 is 0. The van der Waals surface area contributed by atoms with E-state index in [1.54, 1.807) is 0 Å². The van der Waals surface area contributed by atoms with Crippen molar-refractivity contribution in [1.29, 1.82) is 0 Å². The third kappa shape index (κ3) is 1.54. The monoisotopic (exact) mass is 232 g/mol. The Balaban J connectivity index is 1.69. The van der Waals surface area contributed by atoms with Crippen molar-refractivity contribution < 1.29 is 0 Å². The van der Waals surface area contributed by atoms with Gasteiger partial charge >= 0.3 is 0 Å². The normalized spacial score (nSPS) is 35.9. The number of nitrogens with one attached hydrogen (secondary N) is 2. The van der Waals surface area contributed by atoms with Crippen LogP contribution in [-0.4, -0.2) is 28.9 Å². The van der Waals surface area contributed by atoms with Gasteiger partial charge < -0.3 is 10.6 Å². The number of hydrogen-bond acceptors (Lipinski definition) is 3. The van der Waals surface area contributed by atoms with Crippen molar-refractivity contribution in [2.24, 2.45) is 0 Å². The predicted molar refractivity (Wildman–Crippen MR) is 66.0 cm³/mol. The highest BCUT2D eigenvalue weighted by atomic mass is 15.3. The van der Waals surface area contributed by atoms with Crippen LogP contribution < -0.4 is 10.6 Å². The Morgan fingerprint density at radius 1 is 1.29 bits per heavy atom. The van der Waals surface area contributed by atoms with Gasteiger partial charge in [0.25, 0.3) is 0 Å². The summed E-state index contributed by atoms with van der Waals surface area (Å²) in [6.07, 6.45) is 8.49. The highest BCUT2D eigenvalue weighted by Crippen LogP contribution is 2.37. The van der Waals surface area contributed by atoms with Crippen molar-refractivity contribution in [3.63, 3.8) is 0 Å². The second-order valence-corrected chi connectivity index (χ2v) is 5.69. The van der Waals surface area contributed by atoms with E-state index in [-0.39, 0.29) is 0 Å². The van der Waals surface area contributed by atoms with E-state index in [0.29, 0.717) is 18.1 Å². The lowest BCUT2D eigenvalue weighted by molar-refractivity contribution is 0.332. The molecule has 3 aliphatic rings. The fraction of sp³-hybridized carbons (Fsp3) is 0.769.